The van der Waals surface area contributed by atoms with Gasteiger partial charge in [-0.05, 0) is 32.8 Å². The van der Waals surface area contributed by atoms with Crippen LogP contribution in [-0.4, -0.2) is 5.97 Å². The van der Waals surface area contributed by atoms with Gasteiger partial charge in [-0.2, -0.15) is 0 Å². The van der Waals surface area contributed by atoms with Gasteiger partial charge in [0.15, 0.2) is 0 Å². The summed E-state index contributed by atoms with van der Waals surface area (Å²) in [6, 6.07) is 11.5. The predicted molar refractivity (Wildman–Crippen MR) is 67.5 cm³/mol. The largest absolute Gasteiger partial charge is 0.422 e. The van der Waals surface area contributed by atoms with Crippen molar-refractivity contribution in [2.75, 3.05) is 0 Å². The molecule has 0 aliphatic heterocycles. The molecule has 0 radical (unpaired) electrons. The molecule has 0 N–H and O–H groups in total. The molecule has 0 aliphatic carbocycles. The van der Waals surface area contributed by atoms with Crippen LogP contribution >= 0.6 is 15.9 Å². The van der Waals surface area contributed by atoms with Crippen molar-refractivity contribution in [2.24, 2.45) is 0 Å². The number of fused-ring (bicyclic) bond motifs is 1. The van der Waals surface area contributed by atoms with Crippen LogP contribution in [0.25, 0.3) is 10.8 Å². The summed E-state index contributed by atoms with van der Waals surface area (Å²) in [7, 11) is 0. The molecule has 0 aromatic heterocycles. The van der Waals surface area contributed by atoms with E-state index in [0.29, 0.717) is 5.75 Å². The van der Waals surface area contributed by atoms with Crippen LogP contribution in [0.1, 0.15) is 0 Å². The van der Waals surface area contributed by atoms with E-state index in [2.05, 4.69) is 22.5 Å². The Morgan fingerprint density at radius 2 is 2.00 bits per heavy atom. The van der Waals surface area contributed by atoms with Crippen LogP contribution in [0.15, 0.2) is 53.5 Å². The maximum atomic E-state index is 11.1. The summed E-state index contributed by atoms with van der Waals surface area (Å²) >= 11 is 3.43. The maximum absolute atomic E-state index is 11.1. The first-order chi connectivity index (χ1) is 7.72. The van der Waals surface area contributed by atoms with E-state index >= 15 is 0 Å². The lowest BCUT2D eigenvalue weighted by Gasteiger charge is -2.07. The Morgan fingerprint density at radius 1 is 1.25 bits per heavy atom. The molecule has 2 aromatic rings. The van der Waals surface area contributed by atoms with Crippen molar-refractivity contribution < 1.29 is 9.53 Å². The number of rotatable bonds is 2. The second-order valence-corrected chi connectivity index (χ2v) is 4.02. The van der Waals surface area contributed by atoms with Crippen LogP contribution in [0.3, 0.4) is 0 Å². The number of esters is 1. The Kier molecular flexibility index (Phi) is 3.06. The molecule has 0 atom stereocenters. The topological polar surface area (TPSA) is 26.3 Å². The summed E-state index contributed by atoms with van der Waals surface area (Å²) in [4.78, 5) is 11.1. The lowest BCUT2D eigenvalue weighted by Crippen LogP contribution is -2.03. The van der Waals surface area contributed by atoms with Crippen LogP contribution in [-0.2, 0) is 4.79 Å². The Balaban J connectivity index is 2.52. The number of carbonyl (C=O) groups is 1. The fourth-order valence-electron chi connectivity index (χ4n) is 1.44. The van der Waals surface area contributed by atoms with Crippen LogP contribution in [0.2, 0.25) is 0 Å². The Morgan fingerprint density at radius 3 is 2.75 bits per heavy atom. The first kappa shape index (κ1) is 10.9. The molecule has 0 spiro atoms. The molecule has 0 heterocycles. The number of halogens is 1. The second kappa shape index (κ2) is 4.49. The van der Waals surface area contributed by atoms with Gasteiger partial charge in [-0.1, -0.05) is 36.9 Å². The minimum atomic E-state index is -0.462. The standard InChI is InChI=1S/C13H9BrO2/c1-2-12(15)16-11-8-7-9-5-3-4-6-10(9)13(11)14/h2-8H,1H2. The number of ether oxygens (including phenoxy) is 1. The summed E-state index contributed by atoms with van der Waals surface area (Å²) in [5.74, 6) is 0.0413. The first-order valence-electron chi connectivity index (χ1n) is 4.74. The molecule has 2 rings (SSSR count). The van der Waals surface area contributed by atoms with Gasteiger partial charge in [-0.15, -0.1) is 0 Å². The summed E-state index contributed by atoms with van der Waals surface area (Å²) in [6.45, 7) is 3.36. The van der Waals surface area contributed by atoms with Crippen molar-refractivity contribution in [1.82, 2.24) is 0 Å². The van der Waals surface area contributed by atoms with E-state index in [9.17, 15) is 4.79 Å². The normalized spacial score (nSPS) is 10.1. The molecule has 0 saturated heterocycles. The lowest BCUT2D eigenvalue weighted by atomic mass is 10.1. The molecule has 0 bridgehead atoms. The summed E-state index contributed by atoms with van der Waals surface area (Å²) in [6.07, 6.45) is 1.14. The highest BCUT2D eigenvalue weighted by Crippen LogP contribution is 2.33. The zero-order valence-corrected chi connectivity index (χ0v) is 10.0. The zero-order valence-electron chi connectivity index (χ0n) is 8.44. The molecular formula is C13H9BrO2. The Labute approximate surface area is 102 Å². The van der Waals surface area contributed by atoms with Crippen molar-refractivity contribution in [3.8, 4) is 5.75 Å². The van der Waals surface area contributed by atoms with E-state index in [-0.39, 0.29) is 0 Å². The monoisotopic (exact) mass is 276 g/mol. The zero-order chi connectivity index (χ0) is 11.5. The third kappa shape index (κ3) is 1.99. The molecular weight excluding hydrogens is 268 g/mol. The highest BCUT2D eigenvalue weighted by Gasteiger charge is 2.07. The van der Waals surface area contributed by atoms with Gasteiger partial charge in [0.1, 0.15) is 5.75 Å². The molecule has 2 nitrogen and oxygen atoms in total. The second-order valence-electron chi connectivity index (χ2n) is 3.22. The maximum Gasteiger partial charge on any atom is 0.335 e. The fraction of sp³-hybridized carbons (Fsp3) is 0. The van der Waals surface area contributed by atoms with Crippen molar-refractivity contribution in [3.05, 3.63) is 53.5 Å². The minimum Gasteiger partial charge on any atom is -0.422 e. The third-order valence-electron chi connectivity index (χ3n) is 2.21. The molecule has 0 fully saturated rings. The van der Waals surface area contributed by atoms with Gasteiger partial charge in [0.25, 0.3) is 0 Å². The lowest BCUT2D eigenvalue weighted by molar-refractivity contribution is -0.129. The average molecular weight is 277 g/mol. The highest BCUT2D eigenvalue weighted by molar-refractivity contribution is 9.10. The molecule has 16 heavy (non-hydrogen) atoms. The molecule has 0 aliphatic rings. The first-order valence-corrected chi connectivity index (χ1v) is 5.53. The molecule has 0 unspecified atom stereocenters. The summed E-state index contributed by atoms with van der Waals surface area (Å²) in [5.41, 5.74) is 0. The van der Waals surface area contributed by atoms with E-state index in [1.165, 1.54) is 0 Å². The van der Waals surface area contributed by atoms with Crippen molar-refractivity contribution >= 4 is 32.7 Å². The number of carbonyl (C=O) groups excluding carboxylic acids is 1. The fourth-order valence-corrected chi connectivity index (χ4v) is 2.02. The van der Waals surface area contributed by atoms with E-state index in [1.54, 1.807) is 6.07 Å². The molecule has 3 heteroatoms. The smallest absolute Gasteiger partial charge is 0.335 e. The van der Waals surface area contributed by atoms with Crippen LogP contribution in [0.4, 0.5) is 0 Å². The quantitative estimate of drug-likeness (QED) is 0.475. The van der Waals surface area contributed by atoms with E-state index < -0.39 is 5.97 Å². The highest BCUT2D eigenvalue weighted by atomic mass is 79.9. The summed E-state index contributed by atoms with van der Waals surface area (Å²) < 4.78 is 5.88. The number of hydrogen-bond donors (Lipinski definition) is 0. The predicted octanol–water partition coefficient (Wildman–Crippen LogP) is 3.69. The molecule has 80 valence electrons. The number of benzene rings is 2. The van der Waals surface area contributed by atoms with Crippen molar-refractivity contribution in [2.45, 2.75) is 0 Å². The molecule has 0 amide bonds. The minimum absolute atomic E-state index is 0.462. The van der Waals surface area contributed by atoms with E-state index in [1.807, 2.05) is 30.3 Å². The van der Waals surface area contributed by atoms with Gasteiger partial charge in [0.05, 0.1) is 4.47 Å². The van der Waals surface area contributed by atoms with Gasteiger partial charge >= 0.3 is 5.97 Å². The van der Waals surface area contributed by atoms with Gasteiger partial charge in [0, 0.05) is 6.08 Å². The average Bonchev–Trinajstić information content (AvgIpc) is 2.33. The van der Waals surface area contributed by atoms with Crippen LogP contribution in [0, 0.1) is 0 Å². The van der Waals surface area contributed by atoms with Crippen LogP contribution in [0.5, 0.6) is 5.75 Å². The number of hydrogen-bond acceptors (Lipinski definition) is 2. The summed E-state index contributed by atoms with van der Waals surface area (Å²) in [5, 5.41) is 2.10. The SMILES string of the molecule is C=CC(=O)Oc1ccc2ccccc2c1Br. The van der Waals surface area contributed by atoms with E-state index in [4.69, 9.17) is 4.74 Å². The van der Waals surface area contributed by atoms with Crippen molar-refractivity contribution in [1.29, 1.82) is 0 Å². The van der Waals surface area contributed by atoms with Gasteiger partial charge in [-0.3, -0.25) is 0 Å². The molecule has 0 saturated carbocycles. The van der Waals surface area contributed by atoms with E-state index in [0.717, 1.165) is 21.3 Å². The van der Waals surface area contributed by atoms with Gasteiger partial charge < -0.3 is 4.74 Å². The van der Waals surface area contributed by atoms with Crippen molar-refractivity contribution in [3.63, 3.8) is 0 Å². The Bertz CT molecular complexity index is 561. The van der Waals surface area contributed by atoms with Gasteiger partial charge in [0.2, 0.25) is 0 Å². The Hall–Kier alpha value is -1.61. The van der Waals surface area contributed by atoms with Gasteiger partial charge in [-0.25, -0.2) is 4.79 Å². The van der Waals surface area contributed by atoms with Crippen LogP contribution < -0.4 is 4.74 Å². The third-order valence-corrected chi connectivity index (χ3v) is 3.02. The molecule has 2 aromatic carbocycles.